The summed E-state index contributed by atoms with van der Waals surface area (Å²) in [5, 5.41) is 17.3. The van der Waals surface area contributed by atoms with Crippen LogP contribution >= 0.6 is 0 Å². The Morgan fingerprint density at radius 2 is 2.33 bits per heavy atom. The third-order valence-corrected chi connectivity index (χ3v) is 1.65. The van der Waals surface area contributed by atoms with Crippen LogP contribution in [-0.2, 0) is 4.79 Å². The fourth-order valence-corrected chi connectivity index (χ4v) is 1.01. The predicted octanol–water partition coefficient (Wildman–Crippen LogP) is 1.65. The van der Waals surface area contributed by atoms with Gasteiger partial charge >= 0.3 is 0 Å². The fourth-order valence-electron chi connectivity index (χ4n) is 1.01. The Bertz CT molecular complexity index is 261. The molecule has 0 spiro atoms. The van der Waals surface area contributed by atoms with Crippen molar-refractivity contribution in [3.05, 3.63) is 36.3 Å². The Kier molecular flexibility index (Phi) is 2.69. The Labute approximate surface area is 70.3 Å². The van der Waals surface area contributed by atoms with Crippen molar-refractivity contribution < 1.29 is 15.0 Å². The average molecular weight is 166 g/mol. The van der Waals surface area contributed by atoms with Gasteiger partial charge < -0.3 is 10.2 Å². The molecule has 1 rings (SSSR count). The number of aliphatic hydroxyl groups excluding tert-OH is 2. The van der Waals surface area contributed by atoms with Crippen LogP contribution < -0.4 is 0 Å². The quantitative estimate of drug-likeness (QED) is 0.613. The largest absolute Gasteiger partial charge is 0.516 e. The molecular weight excluding hydrogens is 156 g/mol. The number of ketones is 1. The predicted molar refractivity (Wildman–Crippen MR) is 44.7 cm³/mol. The monoisotopic (exact) mass is 166 g/mol. The van der Waals surface area contributed by atoms with Gasteiger partial charge in [-0.05, 0) is 18.6 Å². The summed E-state index contributed by atoms with van der Waals surface area (Å²) in [5.41, 5.74) is 0. The van der Waals surface area contributed by atoms with Crippen molar-refractivity contribution in [2.75, 3.05) is 0 Å². The zero-order valence-corrected chi connectivity index (χ0v) is 6.47. The molecule has 0 aromatic carbocycles. The molecule has 2 N–H and O–H groups in total. The van der Waals surface area contributed by atoms with E-state index in [1.54, 1.807) is 6.08 Å². The van der Waals surface area contributed by atoms with Crippen molar-refractivity contribution in [2.45, 2.75) is 6.42 Å². The average Bonchev–Trinajstić information content (AvgIpc) is 2.03. The molecule has 3 heteroatoms. The highest BCUT2D eigenvalue weighted by atomic mass is 16.3. The lowest BCUT2D eigenvalue weighted by molar-refractivity contribution is -0.117. The van der Waals surface area contributed by atoms with Crippen molar-refractivity contribution in [1.82, 2.24) is 0 Å². The fraction of sp³-hybridized carbons (Fsp3) is 0.222. The number of allylic oxidation sites excluding steroid dienone is 4. The molecule has 0 aliphatic heterocycles. The molecule has 0 bridgehead atoms. The first-order valence-corrected chi connectivity index (χ1v) is 3.66. The molecule has 3 nitrogen and oxygen atoms in total. The lowest BCUT2D eigenvalue weighted by Crippen LogP contribution is -2.12. The van der Waals surface area contributed by atoms with Crippen molar-refractivity contribution in [3.8, 4) is 0 Å². The maximum Gasteiger partial charge on any atom is 0.166 e. The van der Waals surface area contributed by atoms with Gasteiger partial charge in [-0.1, -0.05) is 6.08 Å². The first-order valence-electron chi connectivity index (χ1n) is 3.66. The van der Waals surface area contributed by atoms with Crippen molar-refractivity contribution in [3.63, 3.8) is 0 Å². The second-order valence-electron chi connectivity index (χ2n) is 2.56. The van der Waals surface area contributed by atoms with E-state index in [2.05, 4.69) is 0 Å². The molecule has 0 radical (unpaired) electrons. The molecule has 0 fully saturated rings. The van der Waals surface area contributed by atoms with Gasteiger partial charge in [-0.25, -0.2) is 0 Å². The summed E-state index contributed by atoms with van der Waals surface area (Å²) in [4.78, 5) is 11.1. The van der Waals surface area contributed by atoms with Crippen LogP contribution in [0.3, 0.4) is 0 Å². The van der Waals surface area contributed by atoms with Gasteiger partial charge in [0.25, 0.3) is 0 Å². The molecule has 12 heavy (non-hydrogen) atoms. The summed E-state index contributed by atoms with van der Waals surface area (Å²) in [7, 11) is 0. The number of hydrogen-bond acceptors (Lipinski definition) is 3. The first kappa shape index (κ1) is 8.59. The molecule has 1 unspecified atom stereocenters. The van der Waals surface area contributed by atoms with Crippen LogP contribution in [0.25, 0.3) is 0 Å². The Morgan fingerprint density at radius 1 is 1.58 bits per heavy atom. The summed E-state index contributed by atoms with van der Waals surface area (Å²) < 4.78 is 0. The normalized spacial score (nSPS) is 23.2. The van der Waals surface area contributed by atoms with Gasteiger partial charge in [0.1, 0.15) is 5.76 Å². The smallest absolute Gasteiger partial charge is 0.166 e. The standard InChI is InChI=1S/C9H10O3/c10-5-1-2-7-3-4-8(11)6-9(7)12/h1,3-7,10-11H,2H2. The molecule has 0 aromatic rings. The van der Waals surface area contributed by atoms with E-state index in [9.17, 15) is 4.79 Å². The molecule has 0 heterocycles. The number of carbonyl (C=O) groups excluding carboxylic acids is 1. The summed E-state index contributed by atoms with van der Waals surface area (Å²) in [6.45, 7) is 0. The zero-order chi connectivity index (χ0) is 8.97. The minimum absolute atomic E-state index is 0.00997. The van der Waals surface area contributed by atoms with E-state index in [1.165, 1.54) is 18.2 Å². The SMILES string of the molecule is O=C1C=C(O)C=CC1CC=CO. The second-order valence-corrected chi connectivity index (χ2v) is 2.56. The van der Waals surface area contributed by atoms with Gasteiger partial charge in [-0.2, -0.15) is 0 Å². The molecule has 1 aliphatic carbocycles. The lowest BCUT2D eigenvalue weighted by Gasteiger charge is -2.09. The van der Waals surface area contributed by atoms with Gasteiger partial charge in [0.15, 0.2) is 5.78 Å². The van der Waals surface area contributed by atoms with Gasteiger partial charge in [-0.3, -0.25) is 4.79 Å². The zero-order valence-electron chi connectivity index (χ0n) is 6.47. The minimum Gasteiger partial charge on any atom is -0.516 e. The van der Waals surface area contributed by atoms with Gasteiger partial charge in [0, 0.05) is 12.0 Å². The van der Waals surface area contributed by atoms with Crippen LogP contribution in [0.5, 0.6) is 0 Å². The highest BCUT2D eigenvalue weighted by molar-refractivity contribution is 5.95. The van der Waals surface area contributed by atoms with E-state index in [0.717, 1.165) is 6.26 Å². The van der Waals surface area contributed by atoms with E-state index >= 15 is 0 Å². The lowest BCUT2D eigenvalue weighted by atomic mass is 9.95. The topological polar surface area (TPSA) is 57.5 Å². The van der Waals surface area contributed by atoms with Crippen LogP contribution in [0, 0.1) is 5.92 Å². The number of carbonyl (C=O) groups is 1. The first-order chi connectivity index (χ1) is 5.74. The number of aliphatic hydroxyl groups is 2. The van der Waals surface area contributed by atoms with E-state index in [1.807, 2.05) is 0 Å². The molecular formula is C9H10O3. The van der Waals surface area contributed by atoms with Crippen LogP contribution in [0.2, 0.25) is 0 Å². The molecule has 0 saturated heterocycles. The van der Waals surface area contributed by atoms with E-state index in [0.29, 0.717) is 6.42 Å². The third kappa shape index (κ3) is 1.99. The summed E-state index contributed by atoms with van der Waals surface area (Å²) in [5.74, 6) is -0.387. The van der Waals surface area contributed by atoms with Crippen LogP contribution in [0.1, 0.15) is 6.42 Å². The van der Waals surface area contributed by atoms with Gasteiger partial charge in [0.2, 0.25) is 0 Å². The maximum absolute atomic E-state index is 11.1. The van der Waals surface area contributed by atoms with Crippen LogP contribution in [-0.4, -0.2) is 16.0 Å². The minimum atomic E-state index is -0.246. The number of hydrogen-bond donors (Lipinski definition) is 2. The highest BCUT2D eigenvalue weighted by Gasteiger charge is 2.15. The molecule has 1 aliphatic rings. The van der Waals surface area contributed by atoms with Crippen LogP contribution in [0.4, 0.5) is 0 Å². The van der Waals surface area contributed by atoms with Gasteiger partial charge in [0.05, 0.1) is 6.26 Å². The summed E-state index contributed by atoms with van der Waals surface area (Å²) in [6.07, 6.45) is 7.18. The maximum atomic E-state index is 11.1. The molecule has 0 saturated carbocycles. The van der Waals surface area contributed by atoms with Gasteiger partial charge in [-0.15, -0.1) is 0 Å². The Morgan fingerprint density at radius 3 is 2.92 bits per heavy atom. The number of rotatable bonds is 2. The third-order valence-electron chi connectivity index (χ3n) is 1.65. The molecule has 1 atom stereocenters. The van der Waals surface area contributed by atoms with Crippen molar-refractivity contribution >= 4 is 5.78 Å². The van der Waals surface area contributed by atoms with Crippen molar-refractivity contribution in [1.29, 1.82) is 0 Å². The summed E-state index contributed by atoms with van der Waals surface area (Å²) >= 11 is 0. The second kappa shape index (κ2) is 3.76. The summed E-state index contributed by atoms with van der Waals surface area (Å²) in [6, 6.07) is 0. The van der Waals surface area contributed by atoms with Crippen LogP contribution in [0.15, 0.2) is 36.3 Å². The molecule has 0 aromatic heterocycles. The van der Waals surface area contributed by atoms with E-state index in [-0.39, 0.29) is 17.5 Å². The van der Waals surface area contributed by atoms with Crippen molar-refractivity contribution in [2.24, 2.45) is 5.92 Å². The Hall–Kier alpha value is -1.51. The Balaban J connectivity index is 2.60. The molecule has 64 valence electrons. The highest BCUT2D eigenvalue weighted by Crippen LogP contribution is 2.15. The van der Waals surface area contributed by atoms with E-state index in [4.69, 9.17) is 10.2 Å². The van der Waals surface area contributed by atoms with E-state index < -0.39 is 0 Å². The molecule has 0 amide bonds.